The molecule has 0 bridgehead atoms. The molecule has 0 unspecified atom stereocenters. The lowest BCUT2D eigenvalue weighted by Gasteiger charge is -2.33. The molecule has 1 aliphatic carbocycles. The van der Waals surface area contributed by atoms with E-state index >= 15 is 0 Å². The topological polar surface area (TPSA) is 72.2 Å². The van der Waals surface area contributed by atoms with Gasteiger partial charge < -0.3 is 5.73 Å². The number of hydrogen-bond acceptors (Lipinski definition) is 3. The summed E-state index contributed by atoms with van der Waals surface area (Å²) in [6.45, 7) is 2.45. The second kappa shape index (κ2) is 5.28. The molecule has 0 spiro atoms. The minimum atomic E-state index is -3.46. The number of sulfonamides is 1. The van der Waals surface area contributed by atoms with Gasteiger partial charge in [-0.2, -0.15) is 0 Å². The molecule has 100 valence electrons. The Morgan fingerprint density at radius 2 is 2.11 bits per heavy atom. The number of rotatable bonds is 4. The fraction of sp³-hybridized carbons (Fsp3) is 0.500. The first kappa shape index (κ1) is 14.0. The first-order valence-electron chi connectivity index (χ1n) is 5.93. The van der Waals surface area contributed by atoms with Gasteiger partial charge in [0, 0.05) is 17.1 Å². The van der Waals surface area contributed by atoms with Crippen molar-refractivity contribution in [2.45, 2.75) is 37.2 Å². The molecular weight excluding hydrogens is 316 g/mol. The van der Waals surface area contributed by atoms with Crippen molar-refractivity contribution in [3.8, 4) is 0 Å². The number of halogens is 1. The Bertz CT molecular complexity index is 539. The third-order valence-electron chi connectivity index (χ3n) is 3.22. The average molecular weight is 333 g/mol. The summed E-state index contributed by atoms with van der Waals surface area (Å²) < 4.78 is 27.8. The highest BCUT2D eigenvalue weighted by atomic mass is 79.9. The maximum atomic E-state index is 12.2. The van der Waals surface area contributed by atoms with Crippen molar-refractivity contribution in [3.63, 3.8) is 0 Å². The largest absolute Gasteiger partial charge is 0.326 e. The third kappa shape index (κ3) is 2.93. The molecule has 0 atom stereocenters. The van der Waals surface area contributed by atoms with Gasteiger partial charge in [-0.15, -0.1) is 0 Å². The molecule has 0 radical (unpaired) electrons. The van der Waals surface area contributed by atoms with Gasteiger partial charge in [-0.1, -0.05) is 13.0 Å². The Labute approximate surface area is 116 Å². The van der Waals surface area contributed by atoms with Crippen molar-refractivity contribution >= 4 is 26.0 Å². The van der Waals surface area contributed by atoms with Gasteiger partial charge in [0.05, 0.1) is 4.90 Å². The molecule has 4 nitrogen and oxygen atoms in total. The van der Waals surface area contributed by atoms with Crippen molar-refractivity contribution in [1.82, 2.24) is 4.72 Å². The average Bonchev–Trinajstić information content (AvgIpc) is 2.27. The van der Waals surface area contributed by atoms with E-state index in [1.54, 1.807) is 12.1 Å². The van der Waals surface area contributed by atoms with Gasteiger partial charge >= 0.3 is 0 Å². The number of hydrogen-bond donors (Lipinski definition) is 2. The van der Waals surface area contributed by atoms with Crippen molar-refractivity contribution in [2.75, 3.05) is 0 Å². The normalized spacial score (nSPS) is 23.7. The Morgan fingerprint density at radius 3 is 2.67 bits per heavy atom. The van der Waals surface area contributed by atoms with E-state index in [1.807, 2.05) is 6.07 Å². The molecule has 1 aromatic carbocycles. The van der Waals surface area contributed by atoms with Gasteiger partial charge in [0.1, 0.15) is 0 Å². The summed E-state index contributed by atoms with van der Waals surface area (Å²) in [6, 6.07) is 5.22. The van der Waals surface area contributed by atoms with Crippen LogP contribution >= 0.6 is 15.9 Å². The molecule has 18 heavy (non-hydrogen) atoms. The molecule has 0 aromatic heterocycles. The van der Waals surface area contributed by atoms with Crippen molar-refractivity contribution < 1.29 is 8.42 Å². The van der Waals surface area contributed by atoms with Crippen LogP contribution in [0.4, 0.5) is 0 Å². The summed E-state index contributed by atoms with van der Waals surface area (Å²) in [7, 11) is -3.46. The third-order valence-corrected chi connectivity index (χ3v) is 5.73. The van der Waals surface area contributed by atoms with Crippen molar-refractivity contribution in [1.29, 1.82) is 0 Å². The van der Waals surface area contributed by atoms with Gasteiger partial charge in [-0.05, 0) is 52.4 Å². The summed E-state index contributed by atoms with van der Waals surface area (Å²) in [5, 5.41) is 0. The van der Waals surface area contributed by atoms with Crippen LogP contribution in [0.1, 0.15) is 25.3 Å². The summed E-state index contributed by atoms with van der Waals surface area (Å²) in [5.41, 5.74) is 6.34. The van der Waals surface area contributed by atoms with Crippen LogP contribution in [0.25, 0.3) is 0 Å². The first-order chi connectivity index (χ1) is 8.42. The van der Waals surface area contributed by atoms with Crippen LogP contribution in [0.5, 0.6) is 0 Å². The van der Waals surface area contributed by atoms with Crippen LogP contribution in [0.2, 0.25) is 0 Å². The maximum Gasteiger partial charge on any atom is 0.241 e. The Hall–Kier alpha value is -0.430. The van der Waals surface area contributed by atoms with Crippen LogP contribution < -0.4 is 10.5 Å². The van der Waals surface area contributed by atoms with E-state index in [0.29, 0.717) is 16.9 Å². The summed E-state index contributed by atoms with van der Waals surface area (Å²) in [5.74, 6) is 0.608. The molecule has 0 saturated heterocycles. The van der Waals surface area contributed by atoms with Gasteiger partial charge in [0.15, 0.2) is 0 Å². The standard InChI is InChI=1S/C12H17BrN2O2S/c1-8-4-10(5-8)15-18(16,17)12-6-9(7-14)2-3-11(12)13/h2-3,6,8,10,15H,4-5,7,14H2,1H3. The Kier molecular flexibility index (Phi) is 4.11. The number of benzene rings is 1. The van der Waals surface area contributed by atoms with Gasteiger partial charge in [-0.25, -0.2) is 13.1 Å². The predicted octanol–water partition coefficient (Wildman–Crippen LogP) is 1.98. The molecular formula is C12H17BrN2O2S. The molecule has 1 fully saturated rings. The van der Waals surface area contributed by atoms with Crippen LogP contribution in [0.3, 0.4) is 0 Å². The van der Waals surface area contributed by atoms with E-state index in [2.05, 4.69) is 27.6 Å². The second-order valence-electron chi connectivity index (χ2n) is 4.86. The fourth-order valence-electron chi connectivity index (χ4n) is 2.16. The van der Waals surface area contributed by atoms with Gasteiger partial charge in [0.2, 0.25) is 10.0 Å². The fourth-order valence-corrected chi connectivity index (χ4v) is 4.44. The predicted molar refractivity (Wildman–Crippen MR) is 74.5 cm³/mol. The Morgan fingerprint density at radius 1 is 1.44 bits per heavy atom. The molecule has 3 N–H and O–H groups in total. The maximum absolute atomic E-state index is 12.2. The molecule has 2 rings (SSSR count). The van der Waals surface area contributed by atoms with Crippen molar-refractivity contribution in [3.05, 3.63) is 28.2 Å². The van der Waals surface area contributed by atoms with Crippen LogP contribution in [0.15, 0.2) is 27.6 Å². The zero-order chi connectivity index (χ0) is 13.3. The summed E-state index contributed by atoms with van der Waals surface area (Å²) in [4.78, 5) is 0.269. The molecule has 1 saturated carbocycles. The zero-order valence-corrected chi connectivity index (χ0v) is 12.6. The monoisotopic (exact) mass is 332 g/mol. The molecule has 0 aliphatic heterocycles. The highest BCUT2D eigenvalue weighted by Gasteiger charge is 2.30. The molecule has 6 heteroatoms. The summed E-state index contributed by atoms with van der Waals surface area (Å²) in [6.07, 6.45) is 1.82. The van der Waals surface area contributed by atoms with E-state index in [1.165, 1.54) is 0 Å². The van der Waals surface area contributed by atoms with Gasteiger partial charge in [0.25, 0.3) is 0 Å². The van der Waals surface area contributed by atoms with E-state index in [-0.39, 0.29) is 10.9 Å². The molecule has 0 heterocycles. The van der Waals surface area contributed by atoms with E-state index in [4.69, 9.17) is 5.73 Å². The van der Waals surface area contributed by atoms with Crippen LogP contribution in [-0.4, -0.2) is 14.5 Å². The Balaban J connectivity index is 2.23. The lowest BCUT2D eigenvalue weighted by Crippen LogP contribution is -2.43. The first-order valence-corrected chi connectivity index (χ1v) is 8.21. The lowest BCUT2D eigenvalue weighted by atomic mass is 9.83. The minimum Gasteiger partial charge on any atom is -0.326 e. The van der Waals surface area contributed by atoms with Crippen molar-refractivity contribution in [2.24, 2.45) is 11.7 Å². The SMILES string of the molecule is CC1CC(NS(=O)(=O)c2cc(CN)ccc2Br)C1. The van der Waals surface area contributed by atoms with Gasteiger partial charge in [-0.3, -0.25) is 0 Å². The van der Waals surface area contributed by atoms with E-state index < -0.39 is 10.0 Å². The van der Waals surface area contributed by atoms with E-state index in [0.717, 1.165) is 18.4 Å². The quantitative estimate of drug-likeness (QED) is 0.885. The molecule has 1 aliphatic rings. The summed E-state index contributed by atoms with van der Waals surface area (Å²) >= 11 is 3.28. The van der Waals surface area contributed by atoms with E-state index in [9.17, 15) is 8.42 Å². The number of nitrogens with one attached hydrogen (secondary N) is 1. The highest BCUT2D eigenvalue weighted by molar-refractivity contribution is 9.10. The molecule has 1 aromatic rings. The smallest absolute Gasteiger partial charge is 0.241 e. The minimum absolute atomic E-state index is 0.0680. The highest BCUT2D eigenvalue weighted by Crippen LogP contribution is 2.29. The molecule has 0 amide bonds. The zero-order valence-electron chi connectivity index (χ0n) is 10.2. The second-order valence-corrected chi connectivity index (χ2v) is 7.40. The lowest BCUT2D eigenvalue weighted by molar-refractivity contribution is 0.270. The van der Waals surface area contributed by atoms with Crippen LogP contribution in [0, 0.1) is 5.92 Å². The van der Waals surface area contributed by atoms with Crippen LogP contribution in [-0.2, 0) is 16.6 Å². The number of nitrogens with two attached hydrogens (primary N) is 1.